The first-order valence-electron chi connectivity index (χ1n) is 4.84. The van der Waals surface area contributed by atoms with E-state index in [1.807, 2.05) is 36.4 Å². The molecule has 5 heteroatoms. The Balaban J connectivity index is 0.00000144. The van der Waals surface area contributed by atoms with Crippen LogP contribution < -0.4 is 9.05 Å². The molecule has 0 bridgehead atoms. The molecule has 0 aliphatic carbocycles. The molecule has 85 valence electrons. The molecule has 2 aromatic carbocycles. The Kier molecular flexibility index (Phi) is 6.60. The van der Waals surface area contributed by atoms with E-state index >= 15 is 0 Å². The summed E-state index contributed by atoms with van der Waals surface area (Å²) in [6.45, 7) is 0. The van der Waals surface area contributed by atoms with Crippen LogP contribution in [-0.4, -0.2) is 0 Å². The Hall–Kier alpha value is -0.535. The predicted molar refractivity (Wildman–Crippen MR) is 63.1 cm³/mol. The van der Waals surface area contributed by atoms with E-state index in [1.54, 1.807) is 24.3 Å². The third kappa shape index (κ3) is 5.09. The van der Waals surface area contributed by atoms with Gasteiger partial charge in [-0.3, -0.25) is 0 Å². The number of benzene rings is 2. The van der Waals surface area contributed by atoms with Crippen LogP contribution in [0.2, 0.25) is 0 Å². The van der Waals surface area contributed by atoms with Crippen molar-refractivity contribution in [1.82, 2.24) is 0 Å². The smallest absolute Gasteiger partial charge is 0.418 e. The Morgan fingerprint density at radius 1 is 0.706 bits per heavy atom. The van der Waals surface area contributed by atoms with Crippen molar-refractivity contribution >= 4 is 8.25 Å². The van der Waals surface area contributed by atoms with Gasteiger partial charge >= 0.3 is 8.25 Å². The van der Waals surface area contributed by atoms with Crippen LogP contribution in [0.15, 0.2) is 60.7 Å². The third-order valence-corrected chi connectivity index (χ3v) is 2.69. The Bertz CT molecular complexity index is 418. The van der Waals surface area contributed by atoms with E-state index < -0.39 is 8.25 Å². The van der Waals surface area contributed by atoms with Crippen molar-refractivity contribution in [3.05, 3.63) is 60.7 Å². The molecule has 0 spiro atoms. The van der Waals surface area contributed by atoms with Gasteiger partial charge in [0.25, 0.3) is 0 Å². The van der Waals surface area contributed by atoms with Crippen LogP contribution in [-0.2, 0) is 4.57 Å². The Morgan fingerprint density at radius 3 is 1.41 bits per heavy atom. The second kappa shape index (κ2) is 7.73. The second-order valence-corrected chi connectivity index (χ2v) is 3.99. The average Bonchev–Trinajstić information content (AvgIpc) is 2.31. The quantitative estimate of drug-likeness (QED) is 0.770. The summed E-state index contributed by atoms with van der Waals surface area (Å²) in [6, 6.07) is 17.9. The van der Waals surface area contributed by atoms with Crippen molar-refractivity contribution in [1.29, 1.82) is 0 Å². The summed E-state index contributed by atoms with van der Waals surface area (Å²) in [4.78, 5) is 0. The summed E-state index contributed by atoms with van der Waals surface area (Å²) >= 11 is 0. The molecule has 17 heavy (non-hydrogen) atoms. The molecule has 0 amide bonds. The monoisotopic (exact) mass is 373 g/mol. The minimum atomic E-state index is -2.54. The maximum absolute atomic E-state index is 11.5. The van der Waals surface area contributed by atoms with Gasteiger partial charge in [-0.05, 0) is 24.3 Å². The minimum Gasteiger partial charge on any atom is -0.418 e. The maximum Gasteiger partial charge on any atom is 0.418 e. The summed E-state index contributed by atoms with van der Waals surface area (Å²) in [7, 11) is -2.54. The molecule has 0 heterocycles. The molecule has 0 saturated heterocycles. The van der Waals surface area contributed by atoms with Crippen molar-refractivity contribution in [2.45, 2.75) is 0 Å². The molecule has 1 radical (unpaired) electrons. The van der Waals surface area contributed by atoms with E-state index in [9.17, 15) is 4.57 Å². The molecule has 0 N–H and O–H groups in total. The van der Waals surface area contributed by atoms with Crippen LogP contribution in [0.25, 0.3) is 0 Å². The van der Waals surface area contributed by atoms with E-state index in [0.717, 1.165) is 0 Å². The number of hydrogen-bond donors (Lipinski definition) is 0. The van der Waals surface area contributed by atoms with Crippen LogP contribution in [0.1, 0.15) is 0 Å². The molecule has 0 fully saturated rings. The van der Waals surface area contributed by atoms with Crippen LogP contribution in [0.4, 0.5) is 0 Å². The molecule has 0 atom stereocenters. The van der Waals surface area contributed by atoms with Gasteiger partial charge in [0.1, 0.15) is 11.5 Å². The van der Waals surface area contributed by atoms with Crippen LogP contribution in [0.3, 0.4) is 0 Å². The van der Waals surface area contributed by atoms with Crippen molar-refractivity contribution < 1.29 is 49.2 Å². The second-order valence-electron chi connectivity index (χ2n) is 3.08. The van der Waals surface area contributed by atoms with Gasteiger partial charge in [0.15, 0.2) is 0 Å². The third-order valence-electron chi connectivity index (χ3n) is 1.89. The molecular formula is C12H11LaO3P. The van der Waals surface area contributed by atoms with Gasteiger partial charge in [-0.15, -0.1) is 0 Å². The molecular weight excluding hydrogens is 362 g/mol. The van der Waals surface area contributed by atoms with Crippen LogP contribution >= 0.6 is 8.25 Å². The Morgan fingerprint density at radius 2 is 1.06 bits per heavy atom. The van der Waals surface area contributed by atoms with E-state index in [4.69, 9.17) is 9.05 Å². The summed E-state index contributed by atoms with van der Waals surface area (Å²) < 4.78 is 21.8. The van der Waals surface area contributed by atoms with E-state index in [1.165, 1.54) is 0 Å². The van der Waals surface area contributed by atoms with E-state index in [-0.39, 0.29) is 35.6 Å². The van der Waals surface area contributed by atoms with Gasteiger partial charge in [0.05, 0.1) is 0 Å². The molecule has 0 aliphatic rings. The number of rotatable bonds is 4. The fourth-order valence-corrected chi connectivity index (χ4v) is 1.89. The predicted octanol–water partition coefficient (Wildman–Crippen LogP) is 3.53. The zero-order valence-electron chi connectivity index (χ0n) is 9.08. The summed E-state index contributed by atoms with van der Waals surface area (Å²) in [5, 5.41) is 0. The van der Waals surface area contributed by atoms with Gasteiger partial charge < -0.3 is 9.05 Å². The first-order valence-corrected chi connectivity index (χ1v) is 6.07. The molecule has 2 aromatic rings. The van der Waals surface area contributed by atoms with Crippen molar-refractivity contribution in [2.75, 3.05) is 0 Å². The van der Waals surface area contributed by atoms with Gasteiger partial charge in [-0.2, -0.15) is 0 Å². The first kappa shape index (κ1) is 14.5. The minimum absolute atomic E-state index is 0. The first-order chi connectivity index (χ1) is 7.84. The van der Waals surface area contributed by atoms with Crippen molar-refractivity contribution in [3.8, 4) is 11.5 Å². The largest absolute Gasteiger partial charge is 0.418 e. The zero-order chi connectivity index (χ0) is 11.2. The number of hydrogen-bond acceptors (Lipinski definition) is 3. The fraction of sp³-hybridized carbons (Fsp3) is 0. The molecule has 0 aliphatic heterocycles. The molecule has 0 unspecified atom stereocenters. The summed E-state index contributed by atoms with van der Waals surface area (Å²) in [6.07, 6.45) is 0. The van der Waals surface area contributed by atoms with Gasteiger partial charge in [-0.1, -0.05) is 36.4 Å². The SMILES string of the molecule is O=[PH](Oc1ccccc1)Oc1ccccc1.[La]. The van der Waals surface area contributed by atoms with Crippen LogP contribution in [0, 0.1) is 35.6 Å². The number of para-hydroxylation sites is 2. The Labute approximate surface area is 129 Å². The maximum atomic E-state index is 11.5. The molecule has 0 saturated carbocycles. The van der Waals surface area contributed by atoms with Gasteiger partial charge in [0, 0.05) is 35.6 Å². The average molecular weight is 373 g/mol. The molecule has 2 rings (SSSR count). The normalized spacial score (nSPS) is 9.47. The fourth-order valence-electron chi connectivity index (χ4n) is 1.19. The van der Waals surface area contributed by atoms with Crippen molar-refractivity contribution in [2.24, 2.45) is 0 Å². The van der Waals surface area contributed by atoms with Crippen LogP contribution in [0.5, 0.6) is 11.5 Å². The molecule has 0 aromatic heterocycles. The summed E-state index contributed by atoms with van der Waals surface area (Å²) in [5.41, 5.74) is 0. The van der Waals surface area contributed by atoms with Crippen molar-refractivity contribution in [3.63, 3.8) is 0 Å². The topological polar surface area (TPSA) is 35.5 Å². The molecule has 3 nitrogen and oxygen atoms in total. The van der Waals surface area contributed by atoms with Gasteiger partial charge in [0.2, 0.25) is 0 Å². The van der Waals surface area contributed by atoms with E-state index in [2.05, 4.69) is 0 Å². The van der Waals surface area contributed by atoms with Gasteiger partial charge in [-0.25, -0.2) is 4.57 Å². The zero-order valence-corrected chi connectivity index (χ0v) is 13.7. The summed E-state index contributed by atoms with van der Waals surface area (Å²) in [5.74, 6) is 1.09. The standard InChI is InChI=1S/C12H11O3P.La/c13-16(14-11-7-3-1-4-8-11)15-12-9-5-2-6-10-12;/h1-10,16H;. The van der Waals surface area contributed by atoms with E-state index in [0.29, 0.717) is 11.5 Å².